The highest BCUT2D eigenvalue weighted by atomic mass is 16.5. The minimum atomic E-state index is -0.720. The van der Waals surface area contributed by atoms with E-state index in [9.17, 15) is 9.90 Å². The topological polar surface area (TPSA) is 82.3 Å². The van der Waals surface area contributed by atoms with Crippen molar-refractivity contribution < 1.29 is 14.6 Å². The van der Waals surface area contributed by atoms with Crippen LogP contribution in [0.4, 0.5) is 0 Å². The number of carbonyl (C=O) groups is 1. The molecule has 2 N–H and O–H groups in total. The first-order chi connectivity index (χ1) is 11.6. The van der Waals surface area contributed by atoms with Crippen molar-refractivity contribution in [2.24, 2.45) is 0 Å². The van der Waals surface area contributed by atoms with Gasteiger partial charge in [0.15, 0.2) is 0 Å². The first kappa shape index (κ1) is 17.7. The Bertz CT molecular complexity index is 720. The van der Waals surface area contributed by atoms with Gasteiger partial charge in [0, 0.05) is 18.7 Å². The Hall–Kier alpha value is -2.68. The molecular weight excluding hydrogens is 304 g/mol. The maximum Gasteiger partial charge on any atom is 0.251 e. The minimum Gasteiger partial charge on any atom is -0.389 e. The van der Waals surface area contributed by atoms with Crippen molar-refractivity contribution in [3.63, 3.8) is 0 Å². The molecule has 0 aromatic heterocycles. The third-order valence-electron chi connectivity index (χ3n) is 3.48. The normalized spacial score (nSPS) is 11.5. The fourth-order valence-electron chi connectivity index (χ4n) is 2.21. The number of ether oxygens (including phenoxy) is 1. The van der Waals surface area contributed by atoms with Crippen molar-refractivity contribution in [1.29, 1.82) is 5.26 Å². The van der Waals surface area contributed by atoms with Crippen LogP contribution in [0, 0.1) is 11.3 Å². The quantitative estimate of drug-likeness (QED) is 0.819. The largest absolute Gasteiger partial charge is 0.389 e. The molecule has 2 rings (SSSR count). The molecule has 0 saturated carbocycles. The fourth-order valence-corrected chi connectivity index (χ4v) is 2.21. The third kappa shape index (κ3) is 4.92. The van der Waals surface area contributed by atoms with Gasteiger partial charge in [-0.05, 0) is 42.3 Å². The van der Waals surface area contributed by atoms with Crippen LogP contribution >= 0.6 is 0 Å². The van der Waals surface area contributed by atoms with Crippen LogP contribution in [0.2, 0.25) is 0 Å². The zero-order valence-corrected chi connectivity index (χ0v) is 13.5. The third-order valence-corrected chi connectivity index (χ3v) is 3.48. The molecule has 1 amide bonds. The molecule has 0 bridgehead atoms. The summed E-state index contributed by atoms with van der Waals surface area (Å²) in [5, 5.41) is 21.3. The molecular formula is C19H20N2O3. The van der Waals surface area contributed by atoms with Gasteiger partial charge in [-0.25, -0.2) is 0 Å². The Kier molecular flexibility index (Phi) is 6.50. The second-order valence-electron chi connectivity index (χ2n) is 5.29. The average Bonchev–Trinajstić information content (AvgIpc) is 2.64. The molecule has 24 heavy (non-hydrogen) atoms. The number of aliphatic hydroxyl groups is 1. The zero-order chi connectivity index (χ0) is 17.4. The molecule has 0 aliphatic heterocycles. The van der Waals surface area contributed by atoms with E-state index in [4.69, 9.17) is 10.00 Å². The molecule has 0 fully saturated rings. The molecule has 5 nitrogen and oxygen atoms in total. The van der Waals surface area contributed by atoms with Crippen LogP contribution in [-0.2, 0) is 4.74 Å². The summed E-state index contributed by atoms with van der Waals surface area (Å²) >= 11 is 0. The van der Waals surface area contributed by atoms with Crippen molar-refractivity contribution in [3.05, 3.63) is 59.7 Å². The van der Waals surface area contributed by atoms with Gasteiger partial charge in [-0.1, -0.05) is 24.3 Å². The van der Waals surface area contributed by atoms with Gasteiger partial charge in [0.25, 0.3) is 5.91 Å². The van der Waals surface area contributed by atoms with Crippen LogP contribution in [0.3, 0.4) is 0 Å². The summed E-state index contributed by atoms with van der Waals surface area (Å²) < 4.78 is 5.09. The van der Waals surface area contributed by atoms with Gasteiger partial charge in [0.1, 0.15) is 0 Å². The van der Waals surface area contributed by atoms with Crippen LogP contribution in [0.25, 0.3) is 11.1 Å². The Morgan fingerprint density at radius 2 is 2.00 bits per heavy atom. The fraction of sp³-hybridized carbons (Fsp3) is 0.263. The number of nitrogens with zero attached hydrogens (tertiary/aromatic N) is 1. The van der Waals surface area contributed by atoms with E-state index in [1.165, 1.54) is 0 Å². The zero-order valence-electron chi connectivity index (χ0n) is 13.5. The Balaban J connectivity index is 1.98. The standard InChI is InChI=1S/C19H20N2O3/c1-2-24-13-18(22)12-21-19(23)16-8-6-15(7-9-16)17-5-3-4-14(10-17)11-20/h3-10,18,22H,2,12-13H2,1H3,(H,21,23)/t18-/m0/s1. The smallest absolute Gasteiger partial charge is 0.251 e. The van der Waals surface area contributed by atoms with Crippen LogP contribution < -0.4 is 5.32 Å². The number of nitriles is 1. The maximum atomic E-state index is 12.1. The summed E-state index contributed by atoms with van der Waals surface area (Å²) in [6.07, 6.45) is -0.720. The van der Waals surface area contributed by atoms with E-state index in [0.717, 1.165) is 11.1 Å². The predicted molar refractivity (Wildman–Crippen MR) is 91.4 cm³/mol. The van der Waals surface area contributed by atoms with E-state index in [2.05, 4.69) is 11.4 Å². The average molecular weight is 324 g/mol. The molecule has 0 aliphatic rings. The van der Waals surface area contributed by atoms with E-state index in [1.807, 2.05) is 31.2 Å². The Morgan fingerprint density at radius 3 is 2.67 bits per heavy atom. The van der Waals surface area contributed by atoms with Crippen molar-refractivity contribution >= 4 is 5.91 Å². The van der Waals surface area contributed by atoms with Crippen molar-refractivity contribution in [1.82, 2.24) is 5.32 Å². The lowest BCUT2D eigenvalue weighted by molar-refractivity contribution is 0.0418. The van der Waals surface area contributed by atoms with Crippen molar-refractivity contribution in [2.45, 2.75) is 13.0 Å². The van der Waals surface area contributed by atoms with E-state index in [0.29, 0.717) is 17.7 Å². The van der Waals surface area contributed by atoms with Gasteiger partial charge in [0.2, 0.25) is 0 Å². The van der Waals surface area contributed by atoms with Crippen LogP contribution in [0.15, 0.2) is 48.5 Å². The summed E-state index contributed by atoms with van der Waals surface area (Å²) in [4.78, 5) is 12.1. The van der Waals surface area contributed by atoms with Gasteiger partial charge in [0.05, 0.1) is 24.3 Å². The summed E-state index contributed by atoms with van der Waals surface area (Å²) in [7, 11) is 0. The van der Waals surface area contributed by atoms with Crippen LogP contribution in [0.1, 0.15) is 22.8 Å². The summed E-state index contributed by atoms with van der Waals surface area (Å²) in [6.45, 7) is 2.72. The van der Waals surface area contributed by atoms with Crippen LogP contribution in [-0.4, -0.2) is 36.9 Å². The lowest BCUT2D eigenvalue weighted by Crippen LogP contribution is -2.34. The first-order valence-electron chi connectivity index (χ1n) is 7.78. The predicted octanol–water partition coefficient (Wildman–Crippen LogP) is 2.35. The lowest BCUT2D eigenvalue weighted by atomic mass is 10.0. The second-order valence-corrected chi connectivity index (χ2v) is 5.29. The summed E-state index contributed by atoms with van der Waals surface area (Å²) in [6, 6.07) is 16.5. The molecule has 1 atom stereocenters. The summed E-state index contributed by atoms with van der Waals surface area (Å²) in [5.74, 6) is -0.247. The van der Waals surface area contributed by atoms with Crippen molar-refractivity contribution in [2.75, 3.05) is 19.8 Å². The minimum absolute atomic E-state index is 0.144. The highest BCUT2D eigenvalue weighted by Gasteiger charge is 2.09. The number of aliphatic hydroxyl groups excluding tert-OH is 1. The van der Waals surface area contributed by atoms with E-state index in [1.54, 1.807) is 24.3 Å². The van der Waals surface area contributed by atoms with Crippen LogP contribution in [0.5, 0.6) is 0 Å². The SMILES string of the molecule is CCOC[C@@H](O)CNC(=O)c1ccc(-c2cccc(C#N)c2)cc1. The van der Waals surface area contributed by atoms with E-state index in [-0.39, 0.29) is 19.1 Å². The highest BCUT2D eigenvalue weighted by Crippen LogP contribution is 2.20. The second kappa shape index (κ2) is 8.82. The molecule has 124 valence electrons. The number of amides is 1. The molecule has 0 spiro atoms. The summed E-state index contributed by atoms with van der Waals surface area (Å²) in [5.41, 5.74) is 2.96. The van der Waals surface area contributed by atoms with Gasteiger partial charge >= 0.3 is 0 Å². The molecule has 0 aliphatic carbocycles. The van der Waals surface area contributed by atoms with Gasteiger partial charge in [-0.15, -0.1) is 0 Å². The monoisotopic (exact) mass is 324 g/mol. The van der Waals surface area contributed by atoms with Crippen molar-refractivity contribution in [3.8, 4) is 17.2 Å². The van der Waals surface area contributed by atoms with Gasteiger partial charge < -0.3 is 15.2 Å². The number of carbonyl (C=O) groups excluding carboxylic acids is 1. The number of hydrogen-bond donors (Lipinski definition) is 2. The maximum absolute atomic E-state index is 12.1. The molecule has 0 heterocycles. The molecule has 0 radical (unpaired) electrons. The molecule has 5 heteroatoms. The molecule has 2 aromatic carbocycles. The Morgan fingerprint density at radius 1 is 1.25 bits per heavy atom. The van der Waals surface area contributed by atoms with E-state index < -0.39 is 6.10 Å². The first-order valence-corrected chi connectivity index (χ1v) is 7.78. The number of nitrogens with one attached hydrogen (secondary N) is 1. The number of hydrogen-bond acceptors (Lipinski definition) is 4. The number of rotatable bonds is 7. The van der Waals surface area contributed by atoms with E-state index >= 15 is 0 Å². The molecule has 2 aromatic rings. The lowest BCUT2D eigenvalue weighted by Gasteiger charge is -2.12. The molecule has 0 saturated heterocycles. The van der Waals surface area contributed by atoms with Gasteiger partial charge in [-0.2, -0.15) is 5.26 Å². The van der Waals surface area contributed by atoms with Gasteiger partial charge in [-0.3, -0.25) is 4.79 Å². The number of benzene rings is 2. The highest BCUT2D eigenvalue weighted by molar-refractivity contribution is 5.94. The molecule has 0 unspecified atom stereocenters. The Labute approximate surface area is 141 Å².